The Morgan fingerprint density at radius 3 is 2.38 bits per heavy atom. The van der Waals surface area contributed by atoms with Gasteiger partial charge in [-0.1, -0.05) is 55.2 Å². The van der Waals surface area contributed by atoms with Crippen molar-refractivity contribution in [2.45, 2.75) is 38.3 Å². The number of nitrogens with zero attached hydrogens (tertiary/aromatic N) is 2. The lowest BCUT2D eigenvalue weighted by Crippen LogP contribution is -2.51. The molecule has 0 aliphatic carbocycles. The lowest BCUT2D eigenvalue weighted by atomic mass is 10.1. The second-order valence-electron chi connectivity index (χ2n) is 8.39. The SMILES string of the molecule is CC(C)CNC(=O)C(C)N(Cc1ccc(Cl)cc1Cl)C(=O)CN1C(=O)c2ccccc2S1(=O)=O. The Morgan fingerprint density at radius 2 is 1.76 bits per heavy atom. The van der Waals surface area contributed by atoms with E-state index in [-0.39, 0.29) is 27.9 Å². The lowest BCUT2D eigenvalue weighted by molar-refractivity contribution is -0.140. The fourth-order valence-electron chi connectivity index (χ4n) is 3.47. The van der Waals surface area contributed by atoms with E-state index in [1.165, 1.54) is 36.1 Å². The molecule has 3 amide bonds. The number of halogens is 2. The standard InChI is InChI=1S/C23H25Cl2N3O5S/c1-14(2)11-26-22(30)15(3)27(12-16-8-9-17(24)10-19(16)25)21(29)13-28-23(31)18-6-4-5-7-20(18)34(28,32)33/h4-10,14-15H,11-13H2,1-3H3,(H,26,30). The van der Waals surface area contributed by atoms with E-state index in [1.807, 2.05) is 13.8 Å². The smallest absolute Gasteiger partial charge is 0.269 e. The zero-order valence-corrected chi connectivity index (χ0v) is 21.2. The van der Waals surface area contributed by atoms with Crippen molar-refractivity contribution in [1.82, 2.24) is 14.5 Å². The summed E-state index contributed by atoms with van der Waals surface area (Å²) in [6.07, 6.45) is 0. The maximum atomic E-state index is 13.4. The van der Waals surface area contributed by atoms with Crippen LogP contribution < -0.4 is 5.32 Å². The summed E-state index contributed by atoms with van der Waals surface area (Å²) in [4.78, 5) is 40.0. The minimum Gasteiger partial charge on any atom is -0.354 e. The summed E-state index contributed by atoms with van der Waals surface area (Å²) in [5.41, 5.74) is 0.520. The first-order chi connectivity index (χ1) is 15.9. The van der Waals surface area contributed by atoms with Crippen LogP contribution >= 0.6 is 23.2 Å². The molecule has 34 heavy (non-hydrogen) atoms. The Morgan fingerprint density at radius 1 is 1.09 bits per heavy atom. The van der Waals surface area contributed by atoms with Crippen molar-refractivity contribution in [1.29, 1.82) is 0 Å². The van der Waals surface area contributed by atoms with Crippen molar-refractivity contribution < 1.29 is 22.8 Å². The normalized spacial score (nSPS) is 15.2. The van der Waals surface area contributed by atoms with Gasteiger partial charge in [-0.15, -0.1) is 0 Å². The number of benzene rings is 2. The number of hydrogen-bond acceptors (Lipinski definition) is 5. The molecular weight excluding hydrogens is 501 g/mol. The Balaban J connectivity index is 1.90. The summed E-state index contributed by atoms with van der Waals surface area (Å²) in [5, 5.41) is 3.47. The summed E-state index contributed by atoms with van der Waals surface area (Å²) in [5.74, 6) is -1.73. The number of rotatable bonds is 8. The molecular formula is C23H25Cl2N3O5S. The Labute approximate surface area is 208 Å². The van der Waals surface area contributed by atoms with Gasteiger partial charge in [-0.25, -0.2) is 12.7 Å². The first-order valence-corrected chi connectivity index (χ1v) is 12.8. The molecule has 0 aromatic heterocycles. The molecule has 1 aliphatic rings. The van der Waals surface area contributed by atoms with Crippen molar-refractivity contribution in [3.8, 4) is 0 Å². The third-order valence-electron chi connectivity index (χ3n) is 5.40. The van der Waals surface area contributed by atoms with E-state index in [9.17, 15) is 22.8 Å². The van der Waals surface area contributed by atoms with Gasteiger partial charge in [0.25, 0.3) is 15.9 Å². The molecule has 0 fully saturated rings. The van der Waals surface area contributed by atoms with E-state index < -0.39 is 40.3 Å². The van der Waals surface area contributed by atoms with E-state index >= 15 is 0 Å². The van der Waals surface area contributed by atoms with Crippen molar-refractivity contribution in [3.05, 3.63) is 63.6 Å². The first-order valence-electron chi connectivity index (χ1n) is 10.6. The van der Waals surface area contributed by atoms with Gasteiger partial charge in [0.2, 0.25) is 11.8 Å². The molecule has 8 nitrogen and oxygen atoms in total. The van der Waals surface area contributed by atoms with Crippen molar-refractivity contribution >= 4 is 50.9 Å². The number of carbonyl (C=O) groups is 3. The third kappa shape index (κ3) is 5.37. The summed E-state index contributed by atoms with van der Waals surface area (Å²) >= 11 is 12.2. The molecule has 0 bridgehead atoms. The zero-order valence-electron chi connectivity index (χ0n) is 18.9. The van der Waals surface area contributed by atoms with Crippen LogP contribution in [0.5, 0.6) is 0 Å². The highest BCUT2D eigenvalue weighted by atomic mass is 35.5. The predicted molar refractivity (Wildman–Crippen MR) is 129 cm³/mol. The van der Waals surface area contributed by atoms with Crippen molar-refractivity contribution in [2.24, 2.45) is 5.92 Å². The fourth-order valence-corrected chi connectivity index (χ4v) is 5.46. The molecule has 3 rings (SSSR count). The maximum absolute atomic E-state index is 13.4. The number of fused-ring (bicyclic) bond motifs is 1. The van der Waals surface area contributed by atoms with E-state index in [0.717, 1.165) is 0 Å². The quantitative estimate of drug-likeness (QED) is 0.569. The third-order valence-corrected chi connectivity index (χ3v) is 7.77. The molecule has 1 heterocycles. The highest BCUT2D eigenvalue weighted by Crippen LogP contribution is 2.30. The number of nitrogens with one attached hydrogen (secondary N) is 1. The average molecular weight is 526 g/mol. The highest BCUT2D eigenvalue weighted by Gasteiger charge is 2.43. The predicted octanol–water partition coefficient (Wildman–Crippen LogP) is 3.33. The van der Waals surface area contributed by atoms with Crippen LogP contribution in [0.25, 0.3) is 0 Å². The molecule has 0 saturated heterocycles. The van der Waals surface area contributed by atoms with E-state index in [2.05, 4.69) is 5.32 Å². The van der Waals surface area contributed by atoms with Crippen molar-refractivity contribution in [2.75, 3.05) is 13.1 Å². The van der Waals surface area contributed by atoms with Crippen molar-refractivity contribution in [3.63, 3.8) is 0 Å². The molecule has 1 N–H and O–H groups in total. The maximum Gasteiger partial charge on any atom is 0.269 e. The fraction of sp³-hybridized carbons (Fsp3) is 0.348. The number of sulfonamides is 1. The largest absolute Gasteiger partial charge is 0.354 e. The minimum absolute atomic E-state index is 0.00493. The Kier molecular flexibility index (Phi) is 7.90. The molecule has 0 saturated carbocycles. The minimum atomic E-state index is -4.19. The van der Waals surface area contributed by atoms with Gasteiger partial charge in [0.1, 0.15) is 17.5 Å². The van der Waals surface area contributed by atoms with Crippen LogP contribution in [0, 0.1) is 5.92 Å². The van der Waals surface area contributed by atoms with Gasteiger partial charge in [-0.2, -0.15) is 0 Å². The molecule has 1 unspecified atom stereocenters. The Bertz CT molecular complexity index is 1230. The van der Waals surface area contributed by atoms with Crippen LogP contribution in [0.15, 0.2) is 47.4 Å². The number of carbonyl (C=O) groups excluding carboxylic acids is 3. The van der Waals surface area contributed by atoms with E-state index in [1.54, 1.807) is 18.2 Å². The zero-order chi connectivity index (χ0) is 25.2. The van der Waals surface area contributed by atoms with Crippen LogP contribution in [0.2, 0.25) is 10.0 Å². The van der Waals surface area contributed by atoms with Gasteiger partial charge in [-0.3, -0.25) is 14.4 Å². The van der Waals surface area contributed by atoms with Gasteiger partial charge in [0.05, 0.1) is 5.56 Å². The lowest BCUT2D eigenvalue weighted by Gasteiger charge is -2.30. The summed E-state index contributed by atoms with van der Waals surface area (Å²) in [7, 11) is -4.19. The highest BCUT2D eigenvalue weighted by molar-refractivity contribution is 7.90. The topological polar surface area (TPSA) is 104 Å². The molecule has 11 heteroatoms. The van der Waals surface area contributed by atoms with E-state index in [0.29, 0.717) is 21.4 Å². The van der Waals surface area contributed by atoms with Gasteiger partial charge in [0, 0.05) is 23.1 Å². The first kappa shape index (κ1) is 26.0. The monoisotopic (exact) mass is 525 g/mol. The van der Waals surface area contributed by atoms with Gasteiger partial charge in [-0.05, 0) is 42.7 Å². The van der Waals surface area contributed by atoms with Crippen LogP contribution in [-0.2, 0) is 26.2 Å². The summed E-state index contributed by atoms with van der Waals surface area (Å²) in [6, 6.07) is 9.54. The van der Waals surface area contributed by atoms with Crippen LogP contribution in [0.1, 0.15) is 36.7 Å². The van der Waals surface area contributed by atoms with Crippen LogP contribution in [0.3, 0.4) is 0 Å². The molecule has 0 radical (unpaired) electrons. The van der Waals surface area contributed by atoms with Gasteiger partial charge >= 0.3 is 0 Å². The molecule has 182 valence electrons. The summed E-state index contributed by atoms with van der Waals surface area (Å²) < 4.78 is 26.3. The van der Waals surface area contributed by atoms with E-state index in [4.69, 9.17) is 23.2 Å². The number of amides is 3. The average Bonchev–Trinajstić information content (AvgIpc) is 2.97. The molecule has 0 spiro atoms. The summed E-state index contributed by atoms with van der Waals surface area (Å²) in [6.45, 7) is 4.97. The Hall–Kier alpha value is -2.62. The van der Waals surface area contributed by atoms with Crippen LogP contribution in [-0.4, -0.2) is 54.5 Å². The van der Waals surface area contributed by atoms with Gasteiger partial charge in [0.15, 0.2) is 0 Å². The molecule has 2 aromatic rings. The molecule has 1 atom stereocenters. The van der Waals surface area contributed by atoms with Gasteiger partial charge < -0.3 is 10.2 Å². The molecule has 1 aliphatic heterocycles. The number of hydrogen-bond donors (Lipinski definition) is 1. The molecule has 2 aromatic carbocycles. The second kappa shape index (κ2) is 10.3. The second-order valence-corrected chi connectivity index (χ2v) is 11.1. The van der Waals surface area contributed by atoms with Crippen LogP contribution in [0.4, 0.5) is 0 Å².